The van der Waals surface area contributed by atoms with E-state index in [0.29, 0.717) is 5.75 Å². The maximum Gasteiger partial charge on any atom is 0.223 e. The minimum Gasteiger partial charge on any atom is -0.493 e. The Morgan fingerprint density at radius 1 is 1.50 bits per heavy atom. The summed E-state index contributed by atoms with van der Waals surface area (Å²) in [7, 11) is 0. The van der Waals surface area contributed by atoms with E-state index in [-0.39, 0.29) is 31.4 Å². The van der Waals surface area contributed by atoms with Crippen LogP contribution in [0.5, 0.6) is 5.75 Å². The highest BCUT2D eigenvalue weighted by atomic mass is 19.1. The number of aliphatic hydroxyl groups is 1. The zero-order valence-electron chi connectivity index (χ0n) is 9.99. The van der Waals surface area contributed by atoms with Gasteiger partial charge in [-0.15, -0.1) is 0 Å². The van der Waals surface area contributed by atoms with Crippen molar-refractivity contribution in [2.45, 2.75) is 24.8 Å². The molecule has 2 N–H and O–H groups in total. The summed E-state index contributed by atoms with van der Waals surface area (Å²) in [6, 6.07) is 5.79. The van der Waals surface area contributed by atoms with Crippen molar-refractivity contribution in [1.29, 1.82) is 0 Å². The van der Waals surface area contributed by atoms with Crippen LogP contribution in [-0.2, 0) is 4.79 Å². The van der Waals surface area contributed by atoms with E-state index in [9.17, 15) is 9.18 Å². The van der Waals surface area contributed by atoms with Crippen LogP contribution >= 0.6 is 0 Å². The molecule has 1 saturated carbocycles. The Labute approximate surface area is 105 Å². The highest BCUT2D eigenvalue weighted by molar-refractivity contribution is 5.77. The lowest BCUT2D eigenvalue weighted by Crippen LogP contribution is -2.40. The number of carbonyl (C=O) groups is 1. The van der Waals surface area contributed by atoms with Gasteiger partial charge in [0.25, 0.3) is 0 Å². The van der Waals surface area contributed by atoms with Gasteiger partial charge in [-0.05, 0) is 25.0 Å². The molecule has 0 unspecified atom stereocenters. The van der Waals surface area contributed by atoms with Crippen LogP contribution in [0, 0.1) is 5.82 Å². The van der Waals surface area contributed by atoms with Crippen molar-refractivity contribution >= 4 is 5.91 Å². The van der Waals surface area contributed by atoms with Crippen molar-refractivity contribution in [3.63, 3.8) is 0 Å². The monoisotopic (exact) mass is 253 g/mol. The van der Waals surface area contributed by atoms with E-state index in [0.717, 1.165) is 12.8 Å². The first kappa shape index (κ1) is 12.8. The molecule has 98 valence electrons. The zero-order chi connectivity index (χ0) is 13.0. The standard InChI is InChI=1S/C13H16FNO3/c14-10-2-1-3-11(8-10)18-7-4-12(17)15-13(9-16)5-6-13/h1-3,8,16H,4-7,9H2,(H,15,17). The molecule has 1 aromatic rings. The van der Waals surface area contributed by atoms with Crippen LogP contribution in [0.25, 0.3) is 0 Å². The molecule has 1 fully saturated rings. The minimum atomic E-state index is -0.393. The van der Waals surface area contributed by atoms with Crippen molar-refractivity contribution in [3.8, 4) is 5.75 Å². The smallest absolute Gasteiger partial charge is 0.223 e. The van der Waals surface area contributed by atoms with Crippen molar-refractivity contribution in [2.75, 3.05) is 13.2 Å². The summed E-state index contributed by atoms with van der Waals surface area (Å²) in [4.78, 5) is 11.5. The van der Waals surface area contributed by atoms with Gasteiger partial charge >= 0.3 is 0 Å². The first-order chi connectivity index (χ1) is 8.63. The first-order valence-electron chi connectivity index (χ1n) is 5.94. The Kier molecular flexibility index (Phi) is 3.81. The molecular weight excluding hydrogens is 237 g/mol. The van der Waals surface area contributed by atoms with E-state index in [1.807, 2.05) is 0 Å². The molecule has 4 nitrogen and oxygen atoms in total. The molecule has 0 spiro atoms. The number of carbonyl (C=O) groups excluding carboxylic acids is 1. The second-order valence-corrected chi connectivity index (χ2v) is 4.54. The molecule has 1 aromatic carbocycles. The fraction of sp³-hybridized carbons (Fsp3) is 0.462. The molecule has 1 aliphatic carbocycles. The quantitative estimate of drug-likeness (QED) is 0.801. The molecule has 1 amide bonds. The lowest BCUT2D eigenvalue weighted by Gasteiger charge is -2.14. The first-order valence-corrected chi connectivity index (χ1v) is 5.94. The fourth-order valence-corrected chi connectivity index (χ4v) is 1.65. The fourth-order valence-electron chi connectivity index (χ4n) is 1.65. The Morgan fingerprint density at radius 2 is 2.28 bits per heavy atom. The number of hydrogen-bond acceptors (Lipinski definition) is 3. The topological polar surface area (TPSA) is 58.6 Å². The molecule has 0 aromatic heterocycles. The van der Waals surface area contributed by atoms with Gasteiger partial charge in [0, 0.05) is 6.07 Å². The number of amides is 1. The molecular formula is C13H16FNO3. The second-order valence-electron chi connectivity index (χ2n) is 4.54. The summed E-state index contributed by atoms with van der Waals surface area (Å²) < 4.78 is 18.1. The maximum atomic E-state index is 12.8. The molecule has 0 bridgehead atoms. The molecule has 0 saturated heterocycles. The third-order valence-electron chi connectivity index (χ3n) is 2.95. The predicted octanol–water partition coefficient (Wildman–Crippen LogP) is 1.24. The summed E-state index contributed by atoms with van der Waals surface area (Å²) in [5.41, 5.74) is -0.393. The van der Waals surface area contributed by atoms with Crippen molar-refractivity contribution in [3.05, 3.63) is 30.1 Å². The van der Waals surface area contributed by atoms with E-state index >= 15 is 0 Å². The Morgan fingerprint density at radius 3 is 2.89 bits per heavy atom. The highest BCUT2D eigenvalue weighted by Gasteiger charge is 2.43. The Hall–Kier alpha value is -1.62. The third-order valence-corrected chi connectivity index (χ3v) is 2.95. The average Bonchev–Trinajstić information content (AvgIpc) is 3.09. The summed E-state index contributed by atoms with van der Waals surface area (Å²) in [5, 5.41) is 11.8. The molecule has 2 rings (SSSR count). The zero-order valence-corrected chi connectivity index (χ0v) is 9.99. The number of halogens is 1. The van der Waals surface area contributed by atoms with Gasteiger partial charge in [0.15, 0.2) is 0 Å². The van der Waals surface area contributed by atoms with Gasteiger partial charge in [0.1, 0.15) is 11.6 Å². The van der Waals surface area contributed by atoms with Gasteiger partial charge in [0.05, 0.1) is 25.2 Å². The van der Waals surface area contributed by atoms with Crippen molar-refractivity contribution < 1.29 is 19.0 Å². The highest BCUT2D eigenvalue weighted by Crippen LogP contribution is 2.34. The molecule has 18 heavy (non-hydrogen) atoms. The van der Waals surface area contributed by atoms with Gasteiger partial charge in [-0.25, -0.2) is 4.39 Å². The van der Waals surface area contributed by atoms with Gasteiger partial charge < -0.3 is 15.2 Å². The molecule has 5 heteroatoms. The molecule has 0 heterocycles. The number of hydrogen-bond donors (Lipinski definition) is 2. The summed E-state index contributed by atoms with van der Waals surface area (Å²) >= 11 is 0. The Bertz CT molecular complexity index is 432. The average molecular weight is 253 g/mol. The summed E-state index contributed by atoms with van der Waals surface area (Å²) in [6.45, 7) is 0.167. The largest absolute Gasteiger partial charge is 0.493 e. The minimum absolute atomic E-state index is 0.0243. The van der Waals surface area contributed by atoms with E-state index in [2.05, 4.69) is 5.32 Å². The molecule has 0 radical (unpaired) electrons. The summed E-state index contributed by atoms with van der Waals surface area (Å²) in [6.07, 6.45) is 1.83. The van der Waals surface area contributed by atoms with E-state index in [1.165, 1.54) is 12.1 Å². The van der Waals surface area contributed by atoms with Gasteiger partial charge in [-0.1, -0.05) is 6.07 Å². The van der Waals surface area contributed by atoms with Crippen LogP contribution in [0.15, 0.2) is 24.3 Å². The van der Waals surface area contributed by atoms with Crippen molar-refractivity contribution in [2.24, 2.45) is 0 Å². The SMILES string of the molecule is O=C(CCOc1cccc(F)c1)NC1(CO)CC1. The third kappa shape index (κ3) is 3.43. The lowest BCUT2D eigenvalue weighted by molar-refractivity contribution is -0.122. The van der Waals surface area contributed by atoms with Gasteiger partial charge in [-0.2, -0.15) is 0 Å². The summed E-state index contributed by atoms with van der Waals surface area (Å²) in [5.74, 6) is -0.113. The van der Waals surface area contributed by atoms with Crippen LogP contribution in [0.3, 0.4) is 0 Å². The van der Waals surface area contributed by atoms with E-state index in [1.54, 1.807) is 12.1 Å². The second kappa shape index (κ2) is 5.35. The van der Waals surface area contributed by atoms with Crippen LogP contribution in [0.2, 0.25) is 0 Å². The van der Waals surface area contributed by atoms with E-state index in [4.69, 9.17) is 9.84 Å². The van der Waals surface area contributed by atoms with Crippen LogP contribution in [0.4, 0.5) is 4.39 Å². The predicted molar refractivity (Wildman–Crippen MR) is 63.7 cm³/mol. The number of rotatable bonds is 6. The number of nitrogens with one attached hydrogen (secondary N) is 1. The lowest BCUT2D eigenvalue weighted by atomic mass is 10.2. The van der Waals surface area contributed by atoms with Crippen LogP contribution < -0.4 is 10.1 Å². The molecule has 1 aliphatic rings. The number of aliphatic hydroxyl groups excluding tert-OH is 1. The van der Waals surface area contributed by atoms with Gasteiger partial charge in [-0.3, -0.25) is 4.79 Å². The molecule has 0 atom stereocenters. The Balaban J connectivity index is 1.70. The van der Waals surface area contributed by atoms with Crippen LogP contribution in [0.1, 0.15) is 19.3 Å². The normalized spacial score (nSPS) is 16.1. The van der Waals surface area contributed by atoms with Crippen molar-refractivity contribution in [1.82, 2.24) is 5.32 Å². The van der Waals surface area contributed by atoms with E-state index < -0.39 is 5.54 Å². The van der Waals surface area contributed by atoms with Crippen LogP contribution in [-0.4, -0.2) is 29.8 Å². The maximum absolute atomic E-state index is 12.8. The molecule has 0 aliphatic heterocycles. The van der Waals surface area contributed by atoms with Gasteiger partial charge in [0.2, 0.25) is 5.91 Å². The number of benzene rings is 1. The number of ether oxygens (including phenoxy) is 1.